The number of carbonyl (C=O) groups is 2. The summed E-state index contributed by atoms with van der Waals surface area (Å²) in [5, 5.41) is 37.7. The Bertz CT molecular complexity index is 2260. The number of carbonyl (C=O) groups excluding carboxylic acids is 1. The molecule has 57 heavy (non-hydrogen) atoms. The maximum Gasteiger partial charge on any atom is 0.408 e. The average Bonchev–Trinajstić information content (AvgIpc) is 3.22. The molecule has 3 aliphatic rings. The van der Waals surface area contributed by atoms with E-state index in [4.69, 9.17) is 9.47 Å². The molecule has 6 N–H and O–H groups in total. The van der Waals surface area contributed by atoms with E-state index in [-0.39, 0.29) is 53.6 Å². The number of unbranched alkanes of at least 4 members (excludes halogenated alkanes) is 1. The van der Waals surface area contributed by atoms with Crippen molar-refractivity contribution in [2.75, 3.05) is 32.7 Å². The van der Waals surface area contributed by atoms with E-state index in [1.807, 2.05) is 36.4 Å². The minimum atomic E-state index is -1.24. The number of rotatable bonds is 16. The highest BCUT2D eigenvalue weighted by Crippen LogP contribution is 2.32. The predicted octanol–water partition coefficient (Wildman–Crippen LogP) is 6.21. The molecule has 12 nitrogen and oxygen atoms in total. The predicted molar refractivity (Wildman–Crippen MR) is 212 cm³/mol. The SMILES string of the molecule is O=C(N[C@@H](c1ccccc1)c1cccc(OCc2cc(F)c(CCCCNCC(O)c3ccc(O)c4[nH]c(=O)ccc34)c(C(=O)O)c2)c1)OC1CN2CCC1CC2. The summed E-state index contributed by atoms with van der Waals surface area (Å²) in [4.78, 5) is 42.1. The van der Waals surface area contributed by atoms with Gasteiger partial charge in [-0.1, -0.05) is 48.5 Å². The highest BCUT2D eigenvalue weighted by Gasteiger charge is 2.37. The fourth-order valence-electron chi connectivity index (χ4n) is 7.96. The number of aromatic hydroxyl groups is 1. The molecule has 3 saturated heterocycles. The minimum Gasteiger partial charge on any atom is -0.506 e. The molecule has 1 aromatic heterocycles. The molecular formula is C44H47FN4O8. The minimum absolute atomic E-state index is 0.0787. The van der Waals surface area contributed by atoms with Gasteiger partial charge in [0.15, 0.2) is 0 Å². The van der Waals surface area contributed by atoms with E-state index in [0.717, 1.165) is 43.6 Å². The number of H-pyrrole nitrogens is 1. The van der Waals surface area contributed by atoms with Crippen molar-refractivity contribution in [1.29, 1.82) is 0 Å². The summed E-state index contributed by atoms with van der Waals surface area (Å²) < 4.78 is 27.5. The molecule has 0 aliphatic carbocycles. The summed E-state index contributed by atoms with van der Waals surface area (Å²) in [7, 11) is 0. The maximum atomic E-state index is 15.5. The number of piperidine rings is 3. The van der Waals surface area contributed by atoms with Crippen LogP contribution < -0.4 is 20.9 Å². The number of aromatic carboxylic acids is 1. The fourth-order valence-corrected chi connectivity index (χ4v) is 7.96. The van der Waals surface area contributed by atoms with Crippen molar-refractivity contribution in [3.05, 3.63) is 141 Å². The topological polar surface area (TPSA) is 173 Å². The molecule has 0 spiro atoms. The van der Waals surface area contributed by atoms with E-state index in [9.17, 15) is 29.7 Å². The van der Waals surface area contributed by atoms with Crippen LogP contribution in [0.4, 0.5) is 9.18 Å². The number of pyridine rings is 1. The molecule has 8 rings (SSSR count). The van der Waals surface area contributed by atoms with Gasteiger partial charge in [0.25, 0.3) is 0 Å². The van der Waals surface area contributed by atoms with Crippen molar-refractivity contribution in [3.8, 4) is 11.5 Å². The fraction of sp³-hybridized carbons (Fsp3) is 0.341. The average molecular weight is 779 g/mol. The van der Waals surface area contributed by atoms with Crippen molar-refractivity contribution in [2.24, 2.45) is 5.92 Å². The van der Waals surface area contributed by atoms with Crippen LogP contribution in [0.2, 0.25) is 0 Å². The number of aromatic nitrogens is 1. The first kappa shape index (κ1) is 39.5. The van der Waals surface area contributed by atoms with Crippen LogP contribution in [0.3, 0.4) is 0 Å². The number of carboxylic acid groups (broad SMARTS) is 1. The van der Waals surface area contributed by atoms with Crippen molar-refractivity contribution >= 4 is 23.0 Å². The van der Waals surface area contributed by atoms with Crippen LogP contribution in [0.25, 0.3) is 10.9 Å². The van der Waals surface area contributed by atoms with Crippen LogP contribution in [0.15, 0.2) is 95.8 Å². The number of aromatic amines is 1. The van der Waals surface area contributed by atoms with Gasteiger partial charge in [0, 0.05) is 30.1 Å². The lowest BCUT2D eigenvalue weighted by Crippen LogP contribution is -2.52. The number of hydrogen-bond acceptors (Lipinski definition) is 9. The Hall–Kier alpha value is -5.76. The second-order valence-corrected chi connectivity index (χ2v) is 14.8. The molecule has 4 aromatic carbocycles. The lowest BCUT2D eigenvalue weighted by atomic mass is 9.86. The number of amides is 1. The molecule has 3 aliphatic heterocycles. The van der Waals surface area contributed by atoms with Gasteiger partial charge in [0.05, 0.1) is 23.2 Å². The summed E-state index contributed by atoms with van der Waals surface area (Å²) in [6.45, 7) is 3.44. The molecule has 2 bridgehead atoms. The Kier molecular flexibility index (Phi) is 12.5. The third kappa shape index (κ3) is 9.62. The number of ether oxygens (including phenoxy) is 2. The lowest BCUT2D eigenvalue weighted by Gasteiger charge is -2.43. The second kappa shape index (κ2) is 18.0. The molecule has 4 heterocycles. The molecule has 1 amide bonds. The largest absolute Gasteiger partial charge is 0.506 e. The van der Waals surface area contributed by atoms with E-state index in [0.29, 0.717) is 47.6 Å². The van der Waals surface area contributed by atoms with Crippen molar-refractivity contribution in [3.63, 3.8) is 0 Å². The summed E-state index contributed by atoms with van der Waals surface area (Å²) in [6.07, 6.45) is 1.80. The standard InChI is InChI=1S/C44H47FN4O8/c45-36-22-27(21-35(43(53)54)32(36)11-4-5-18-46-24-38(51)33-12-14-37(50)42-34(33)13-15-40(52)47-42)26-56-31-10-6-9-30(23-31)41(29-7-2-1-3-8-29)48-44(55)57-39-25-49-19-16-28(39)17-20-49/h1-3,6-10,12-15,21-23,28,38-39,41,46,50-51H,4-5,11,16-20,24-26H2,(H,47,52)(H,48,55)(H,53,54)/t38?,39?,41-/m0/s1. The molecule has 298 valence electrons. The molecular weight excluding hydrogens is 732 g/mol. The number of hydrogen-bond donors (Lipinski definition) is 6. The first-order valence-corrected chi connectivity index (χ1v) is 19.4. The van der Waals surface area contributed by atoms with Gasteiger partial charge in [0.2, 0.25) is 5.56 Å². The van der Waals surface area contributed by atoms with E-state index >= 15 is 4.39 Å². The number of alkyl carbamates (subject to hydrolysis) is 1. The van der Waals surface area contributed by atoms with Crippen molar-refractivity contribution < 1.29 is 38.8 Å². The number of carboxylic acids is 1. The monoisotopic (exact) mass is 778 g/mol. The number of aliphatic hydroxyl groups excluding tert-OH is 1. The number of nitrogens with one attached hydrogen (secondary N) is 3. The number of benzene rings is 4. The molecule has 3 atom stereocenters. The second-order valence-electron chi connectivity index (χ2n) is 14.8. The lowest BCUT2D eigenvalue weighted by molar-refractivity contribution is -0.0336. The Morgan fingerprint density at radius 3 is 2.49 bits per heavy atom. The number of phenolic OH excluding ortho intramolecular Hbond substituents is 1. The molecule has 3 fully saturated rings. The summed E-state index contributed by atoms with van der Waals surface area (Å²) in [5.41, 5.74) is 2.39. The highest BCUT2D eigenvalue weighted by atomic mass is 19.1. The Morgan fingerprint density at radius 1 is 0.947 bits per heavy atom. The quantitative estimate of drug-likeness (QED) is 0.0633. The highest BCUT2D eigenvalue weighted by molar-refractivity contribution is 5.90. The number of phenols is 1. The number of nitrogens with zero attached hydrogens (tertiary/aromatic N) is 1. The normalized spacial score (nSPS) is 18.5. The van der Waals surface area contributed by atoms with Crippen LogP contribution in [-0.4, -0.2) is 76.1 Å². The Morgan fingerprint density at radius 2 is 1.74 bits per heavy atom. The number of aliphatic hydroxyl groups is 1. The van der Waals surface area contributed by atoms with E-state index in [1.165, 1.54) is 24.3 Å². The smallest absolute Gasteiger partial charge is 0.408 e. The van der Waals surface area contributed by atoms with Gasteiger partial charge in [-0.25, -0.2) is 14.0 Å². The van der Waals surface area contributed by atoms with Crippen LogP contribution in [0.5, 0.6) is 11.5 Å². The molecule has 5 aromatic rings. The van der Waals surface area contributed by atoms with Gasteiger partial charge >= 0.3 is 12.1 Å². The number of halogens is 1. The van der Waals surface area contributed by atoms with Gasteiger partial charge in [0.1, 0.15) is 30.0 Å². The van der Waals surface area contributed by atoms with E-state index < -0.39 is 30.0 Å². The van der Waals surface area contributed by atoms with Crippen LogP contribution in [-0.2, 0) is 17.8 Å². The molecule has 2 unspecified atom stereocenters. The van der Waals surface area contributed by atoms with Crippen LogP contribution in [0.1, 0.15) is 76.0 Å². The number of fused-ring (bicyclic) bond motifs is 4. The van der Waals surface area contributed by atoms with Gasteiger partial charge in [-0.2, -0.15) is 0 Å². The summed E-state index contributed by atoms with van der Waals surface area (Å²) >= 11 is 0. The van der Waals surface area contributed by atoms with Gasteiger partial charge in [-0.15, -0.1) is 0 Å². The zero-order valence-corrected chi connectivity index (χ0v) is 31.5. The van der Waals surface area contributed by atoms with E-state index in [1.54, 1.807) is 30.3 Å². The maximum absolute atomic E-state index is 15.5. The Labute approximate surface area is 329 Å². The van der Waals surface area contributed by atoms with Gasteiger partial charge in [-0.05, 0) is 116 Å². The van der Waals surface area contributed by atoms with Gasteiger partial charge in [-0.3, -0.25) is 9.69 Å². The molecule has 0 saturated carbocycles. The van der Waals surface area contributed by atoms with Gasteiger partial charge < -0.3 is 40.4 Å². The zero-order chi connectivity index (χ0) is 39.9. The summed E-state index contributed by atoms with van der Waals surface area (Å²) in [5.74, 6) is -1.12. The Balaban J connectivity index is 0.939. The molecule has 13 heteroatoms. The van der Waals surface area contributed by atoms with Crippen LogP contribution >= 0.6 is 0 Å². The van der Waals surface area contributed by atoms with Crippen molar-refractivity contribution in [2.45, 2.75) is 57.0 Å². The first-order chi connectivity index (χ1) is 27.6. The molecule has 0 radical (unpaired) electrons. The zero-order valence-electron chi connectivity index (χ0n) is 31.5. The third-order valence-corrected chi connectivity index (χ3v) is 11.0. The third-order valence-electron chi connectivity index (χ3n) is 11.0. The first-order valence-electron chi connectivity index (χ1n) is 19.4. The van der Waals surface area contributed by atoms with E-state index in [2.05, 4.69) is 20.5 Å². The van der Waals surface area contributed by atoms with Crippen molar-refractivity contribution in [1.82, 2.24) is 20.5 Å². The van der Waals surface area contributed by atoms with Crippen LogP contribution in [0, 0.1) is 11.7 Å². The summed E-state index contributed by atoms with van der Waals surface area (Å²) in [6, 6.07) is 24.9.